The first-order valence-electron chi connectivity index (χ1n) is 9.31. The molecule has 2 fully saturated rings. The molecule has 3 amide bonds. The predicted octanol–water partition coefficient (Wildman–Crippen LogP) is -0.629. The van der Waals surface area contributed by atoms with E-state index in [9.17, 15) is 22.8 Å². The van der Waals surface area contributed by atoms with Crippen molar-refractivity contribution >= 4 is 27.7 Å². The van der Waals surface area contributed by atoms with Crippen LogP contribution in [-0.2, 0) is 24.4 Å². The van der Waals surface area contributed by atoms with Gasteiger partial charge in [0.05, 0.1) is 5.75 Å². The van der Waals surface area contributed by atoms with Gasteiger partial charge in [-0.1, -0.05) is 6.92 Å². The number of fused-ring (bicyclic) bond motifs is 2. The summed E-state index contributed by atoms with van der Waals surface area (Å²) in [5.74, 6) is -1.49. The highest BCUT2D eigenvalue weighted by Crippen LogP contribution is 2.30. The first-order valence-corrected chi connectivity index (χ1v) is 10.9. The van der Waals surface area contributed by atoms with E-state index in [1.54, 1.807) is 16.7 Å². The molecule has 2 rings (SSSR count). The standard InChI is InChI=1S/C17H30N4O5S/c1-12(9-15(18)22)17(24)20-10-13-5-4-6-14(11-20)21(13)16(23)7-8-27(25,26)19(2)3/h12-14H,4-11H2,1-3H3,(H2,18,22). The van der Waals surface area contributed by atoms with Crippen LogP contribution < -0.4 is 5.73 Å². The molecule has 3 unspecified atom stereocenters. The Hall–Kier alpha value is -1.68. The monoisotopic (exact) mass is 402 g/mol. The van der Waals surface area contributed by atoms with E-state index in [-0.39, 0.29) is 42.5 Å². The molecule has 2 aliphatic heterocycles. The SMILES string of the molecule is CC(CC(N)=O)C(=O)N1CC2CCCC(C1)N2C(=O)CCS(=O)(=O)N(C)C. The van der Waals surface area contributed by atoms with E-state index in [1.807, 2.05) is 0 Å². The Bertz CT molecular complexity index is 679. The van der Waals surface area contributed by atoms with E-state index in [4.69, 9.17) is 5.73 Å². The fourth-order valence-corrected chi connectivity index (χ4v) is 4.72. The van der Waals surface area contributed by atoms with Crippen LogP contribution in [-0.4, -0.2) is 85.3 Å². The number of piperazine rings is 1. The number of amides is 3. The number of hydrogen-bond donors (Lipinski definition) is 1. The zero-order valence-electron chi connectivity index (χ0n) is 16.3. The number of piperidine rings is 1. The molecule has 2 aliphatic rings. The Morgan fingerprint density at radius 3 is 2.19 bits per heavy atom. The fourth-order valence-electron chi connectivity index (χ4n) is 3.92. The topological polar surface area (TPSA) is 121 Å². The van der Waals surface area contributed by atoms with Crippen LogP contribution in [0.2, 0.25) is 0 Å². The zero-order valence-corrected chi connectivity index (χ0v) is 17.1. The van der Waals surface area contributed by atoms with Crippen molar-refractivity contribution in [2.75, 3.05) is 32.9 Å². The van der Waals surface area contributed by atoms with Crippen LogP contribution in [0, 0.1) is 5.92 Å². The summed E-state index contributed by atoms with van der Waals surface area (Å²) < 4.78 is 25.0. The van der Waals surface area contributed by atoms with Crippen molar-refractivity contribution in [2.24, 2.45) is 11.7 Å². The Balaban J connectivity index is 2.03. The largest absolute Gasteiger partial charge is 0.370 e. The summed E-state index contributed by atoms with van der Waals surface area (Å²) in [4.78, 5) is 39.9. The lowest BCUT2D eigenvalue weighted by Crippen LogP contribution is -2.64. The van der Waals surface area contributed by atoms with Crippen molar-refractivity contribution in [3.05, 3.63) is 0 Å². The lowest BCUT2D eigenvalue weighted by Gasteiger charge is -2.50. The Kier molecular flexibility index (Phi) is 6.85. The van der Waals surface area contributed by atoms with Crippen molar-refractivity contribution in [2.45, 2.75) is 51.1 Å². The molecule has 2 saturated heterocycles. The number of nitrogens with two attached hydrogens (primary N) is 1. The fraction of sp³-hybridized carbons (Fsp3) is 0.824. The summed E-state index contributed by atoms with van der Waals surface area (Å²) in [6.07, 6.45) is 2.51. The molecule has 0 aromatic heterocycles. The van der Waals surface area contributed by atoms with Crippen LogP contribution in [0.5, 0.6) is 0 Å². The molecule has 2 N–H and O–H groups in total. The lowest BCUT2D eigenvalue weighted by atomic mass is 9.90. The lowest BCUT2D eigenvalue weighted by molar-refractivity contribution is -0.152. The zero-order chi connectivity index (χ0) is 20.4. The average Bonchev–Trinajstić information content (AvgIpc) is 2.57. The molecule has 10 heteroatoms. The van der Waals surface area contributed by atoms with Gasteiger partial charge in [0.25, 0.3) is 0 Å². The van der Waals surface area contributed by atoms with E-state index < -0.39 is 21.8 Å². The van der Waals surface area contributed by atoms with Crippen LogP contribution >= 0.6 is 0 Å². The number of likely N-dealkylation sites (tertiary alicyclic amines) is 1. The molecule has 0 spiro atoms. The highest BCUT2D eigenvalue weighted by Gasteiger charge is 2.42. The first-order chi connectivity index (χ1) is 12.5. The summed E-state index contributed by atoms with van der Waals surface area (Å²) in [5, 5.41) is 0. The molecule has 27 heavy (non-hydrogen) atoms. The Morgan fingerprint density at radius 1 is 1.15 bits per heavy atom. The number of carbonyl (C=O) groups is 3. The molecule has 0 aromatic rings. The summed E-state index contributed by atoms with van der Waals surface area (Å²) in [7, 11) is -0.524. The minimum absolute atomic E-state index is 0.00963. The van der Waals surface area contributed by atoms with Gasteiger partial charge in [0.1, 0.15) is 0 Å². The van der Waals surface area contributed by atoms with Gasteiger partial charge in [-0.2, -0.15) is 0 Å². The molecule has 0 aliphatic carbocycles. The number of rotatable bonds is 7. The number of hydrogen-bond acceptors (Lipinski definition) is 5. The van der Waals surface area contributed by atoms with Gasteiger partial charge in [0.15, 0.2) is 0 Å². The first kappa shape index (κ1) is 21.6. The minimum Gasteiger partial charge on any atom is -0.370 e. The van der Waals surface area contributed by atoms with Crippen molar-refractivity contribution in [1.82, 2.24) is 14.1 Å². The summed E-state index contributed by atoms with van der Waals surface area (Å²) in [6, 6.07) is -0.200. The van der Waals surface area contributed by atoms with Gasteiger partial charge in [0, 0.05) is 58.0 Å². The van der Waals surface area contributed by atoms with Crippen LogP contribution in [0.3, 0.4) is 0 Å². The van der Waals surface area contributed by atoms with Gasteiger partial charge >= 0.3 is 0 Å². The summed E-state index contributed by atoms with van der Waals surface area (Å²) in [5.41, 5.74) is 5.19. The number of sulfonamides is 1. The van der Waals surface area contributed by atoms with E-state index in [1.165, 1.54) is 14.1 Å². The van der Waals surface area contributed by atoms with Gasteiger partial charge < -0.3 is 15.5 Å². The third-order valence-corrected chi connectivity index (χ3v) is 7.22. The molecular formula is C17H30N4O5S. The Morgan fingerprint density at radius 2 is 1.70 bits per heavy atom. The van der Waals surface area contributed by atoms with Crippen LogP contribution in [0.15, 0.2) is 0 Å². The van der Waals surface area contributed by atoms with Gasteiger partial charge in [-0.15, -0.1) is 0 Å². The van der Waals surface area contributed by atoms with Crippen molar-refractivity contribution in [3.63, 3.8) is 0 Å². The highest BCUT2D eigenvalue weighted by molar-refractivity contribution is 7.89. The molecule has 0 saturated carbocycles. The quantitative estimate of drug-likeness (QED) is 0.608. The second-order valence-corrected chi connectivity index (χ2v) is 10.0. The minimum atomic E-state index is -3.43. The van der Waals surface area contributed by atoms with Gasteiger partial charge in [-0.3, -0.25) is 14.4 Å². The maximum Gasteiger partial charge on any atom is 0.226 e. The maximum atomic E-state index is 12.7. The summed E-state index contributed by atoms with van der Waals surface area (Å²) >= 11 is 0. The third-order valence-electron chi connectivity index (χ3n) is 5.38. The van der Waals surface area contributed by atoms with Crippen molar-refractivity contribution in [3.8, 4) is 0 Å². The molecule has 0 aromatic carbocycles. The highest BCUT2D eigenvalue weighted by atomic mass is 32.2. The van der Waals surface area contributed by atoms with E-state index >= 15 is 0 Å². The van der Waals surface area contributed by atoms with E-state index in [0.717, 1.165) is 23.6 Å². The Labute approximate surface area is 160 Å². The van der Waals surface area contributed by atoms with Gasteiger partial charge in [-0.05, 0) is 19.3 Å². The van der Waals surface area contributed by atoms with Crippen LogP contribution in [0.1, 0.15) is 39.0 Å². The molecule has 2 heterocycles. The smallest absolute Gasteiger partial charge is 0.226 e. The average molecular weight is 403 g/mol. The van der Waals surface area contributed by atoms with Crippen molar-refractivity contribution < 1.29 is 22.8 Å². The van der Waals surface area contributed by atoms with E-state index in [0.29, 0.717) is 13.1 Å². The molecule has 9 nitrogen and oxygen atoms in total. The molecular weight excluding hydrogens is 372 g/mol. The number of carbonyl (C=O) groups excluding carboxylic acids is 3. The predicted molar refractivity (Wildman–Crippen MR) is 99.9 cm³/mol. The van der Waals surface area contributed by atoms with Gasteiger partial charge in [-0.25, -0.2) is 12.7 Å². The second kappa shape index (κ2) is 8.55. The molecule has 154 valence electrons. The van der Waals surface area contributed by atoms with Gasteiger partial charge in [0.2, 0.25) is 27.7 Å². The number of primary amides is 1. The molecule has 0 radical (unpaired) electrons. The molecule has 2 bridgehead atoms. The van der Waals surface area contributed by atoms with Crippen LogP contribution in [0.25, 0.3) is 0 Å². The van der Waals surface area contributed by atoms with E-state index in [2.05, 4.69) is 0 Å². The maximum absolute atomic E-state index is 12.7. The second-order valence-electron chi connectivity index (χ2n) is 7.70. The van der Waals surface area contributed by atoms with Crippen LogP contribution in [0.4, 0.5) is 0 Å². The normalized spacial score (nSPS) is 24.0. The summed E-state index contributed by atoms with van der Waals surface area (Å²) in [6.45, 7) is 2.53. The molecule has 3 atom stereocenters. The van der Waals surface area contributed by atoms with Crippen molar-refractivity contribution in [1.29, 1.82) is 0 Å². The number of nitrogens with zero attached hydrogens (tertiary/aromatic N) is 3. The third kappa shape index (κ3) is 5.19.